The number of hydrogen-bond donors (Lipinski definition) is 1. The molecule has 1 N–H and O–H groups in total. The van der Waals surface area contributed by atoms with E-state index in [1.54, 1.807) is 0 Å². The van der Waals surface area contributed by atoms with Gasteiger partial charge in [-0.1, -0.05) is 6.92 Å². The number of aromatic nitrogens is 2. The summed E-state index contributed by atoms with van der Waals surface area (Å²) in [6, 6.07) is 0.718. The van der Waals surface area contributed by atoms with Crippen molar-refractivity contribution in [3.8, 4) is 0 Å². The monoisotopic (exact) mass is 179 g/mol. The first-order valence-electron chi connectivity index (χ1n) is 5.02. The quantitative estimate of drug-likeness (QED) is 0.740. The van der Waals surface area contributed by atoms with Gasteiger partial charge in [0.25, 0.3) is 0 Å². The molecule has 13 heavy (non-hydrogen) atoms. The van der Waals surface area contributed by atoms with Crippen molar-refractivity contribution in [3.63, 3.8) is 0 Å². The van der Waals surface area contributed by atoms with Gasteiger partial charge in [-0.3, -0.25) is 5.10 Å². The van der Waals surface area contributed by atoms with E-state index in [2.05, 4.69) is 29.1 Å². The van der Waals surface area contributed by atoms with Crippen LogP contribution in [0.25, 0.3) is 0 Å². The molecule has 0 spiro atoms. The molecule has 3 heteroatoms. The summed E-state index contributed by atoms with van der Waals surface area (Å²) in [7, 11) is 2.20. The number of hydrogen-bond acceptors (Lipinski definition) is 2. The van der Waals surface area contributed by atoms with E-state index in [0.717, 1.165) is 25.4 Å². The lowest BCUT2D eigenvalue weighted by Crippen LogP contribution is -2.36. The molecule has 2 rings (SSSR count). The van der Waals surface area contributed by atoms with E-state index in [9.17, 15) is 0 Å². The standard InChI is InChI=1S/C10H17N3/c1-3-13(2)9-4-5-10-8(6-9)7-11-12-10/h7,9H,3-6H2,1-2H3,(H,11,12). The van der Waals surface area contributed by atoms with Crippen LogP contribution in [0, 0.1) is 0 Å². The van der Waals surface area contributed by atoms with Crippen LogP contribution in [0.3, 0.4) is 0 Å². The molecule has 0 radical (unpaired) electrons. The van der Waals surface area contributed by atoms with E-state index in [4.69, 9.17) is 0 Å². The summed E-state index contributed by atoms with van der Waals surface area (Å²) in [6.07, 6.45) is 5.56. The zero-order valence-electron chi connectivity index (χ0n) is 8.38. The minimum absolute atomic E-state index is 0.718. The second kappa shape index (κ2) is 3.50. The number of aromatic amines is 1. The highest BCUT2D eigenvalue weighted by atomic mass is 15.1. The summed E-state index contributed by atoms with van der Waals surface area (Å²) in [6.45, 7) is 3.35. The predicted molar refractivity (Wildman–Crippen MR) is 52.7 cm³/mol. The van der Waals surface area contributed by atoms with Crippen LogP contribution < -0.4 is 0 Å². The molecule has 1 heterocycles. The van der Waals surface area contributed by atoms with Gasteiger partial charge in [0.05, 0.1) is 6.20 Å². The number of H-pyrrole nitrogens is 1. The highest BCUT2D eigenvalue weighted by molar-refractivity contribution is 5.21. The van der Waals surface area contributed by atoms with E-state index < -0.39 is 0 Å². The van der Waals surface area contributed by atoms with Gasteiger partial charge in [-0.2, -0.15) is 5.10 Å². The molecular weight excluding hydrogens is 162 g/mol. The van der Waals surface area contributed by atoms with Crippen molar-refractivity contribution in [2.75, 3.05) is 13.6 Å². The van der Waals surface area contributed by atoms with Crippen LogP contribution in [-0.2, 0) is 12.8 Å². The maximum atomic E-state index is 4.08. The largest absolute Gasteiger partial charge is 0.303 e. The van der Waals surface area contributed by atoms with Crippen LogP contribution in [0.5, 0.6) is 0 Å². The smallest absolute Gasteiger partial charge is 0.0522 e. The van der Waals surface area contributed by atoms with Crippen molar-refractivity contribution in [3.05, 3.63) is 17.5 Å². The number of nitrogens with one attached hydrogen (secondary N) is 1. The summed E-state index contributed by atoms with van der Waals surface area (Å²) in [5.41, 5.74) is 2.76. The van der Waals surface area contributed by atoms with Gasteiger partial charge in [-0.15, -0.1) is 0 Å². The second-order valence-electron chi connectivity index (χ2n) is 3.84. The fourth-order valence-corrected chi connectivity index (χ4v) is 2.03. The minimum atomic E-state index is 0.718. The van der Waals surface area contributed by atoms with Crippen molar-refractivity contribution in [2.24, 2.45) is 0 Å². The lowest BCUT2D eigenvalue weighted by atomic mass is 9.93. The maximum Gasteiger partial charge on any atom is 0.0522 e. The third-order valence-electron chi connectivity index (χ3n) is 3.11. The zero-order valence-corrected chi connectivity index (χ0v) is 8.38. The van der Waals surface area contributed by atoms with Crippen molar-refractivity contribution >= 4 is 0 Å². The Hall–Kier alpha value is -0.830. The Bertz CT molecular complexity index is 279. The molecule has 1 aliphatic carbocycles. The fourth-order valence-electron chi connectivity index (χ4n) is 2.03. The maximum absolute atomic E-state index is 4.08. The van der Waals surface area contributed by atoms with Gasteiger partial charge in [0.1, 0.15) is 0 Å². The molecule has 0 aromatic carbocycles. The molecular formula is C10H17N3. The van der Waals surface area contributed by atoms with Crippen LogP contribution >= 0.6 is 0 Å². The Morgan fingerprint density at radius 3 is 3.31 bits per heavy atom. The summed E-state index contributed by atoms with van der Waals surface area (Å²) in [5, 5.41) is 7.15. The highest BCUT2D eigenvalue weighted by Crippen LogP contribution is 2.21. The van der Waals surface area contributed by atoms with Gasteiger partial charge in [0.15, 0.2) is 0 Å². The molecule has 3 nitrogen and oxygen atoms in total. The first-order valence-corrected chi connectivity index (χ1v) is 5.02. The van der Waals surface area contributed by atoms with Gasteiger partial charge in [-0.05, 0) is 38.4 Å². The lowest BCUT2D eigenvalue weighted by Gasteiger charge is -2.29. The van der Waals surface area contributed by atoms with Crippen LogP contribution in [0.4, 0.5) is 0 Å². The second-order valence-corrected chi connectivity index (χ2v) is 3.84. The summed E-state index contributed by atoms with van der Waals surface area (Å²) < 4.78 is 0. The predicted octanol–water partition coefficient (Wildman–Crippen LogP) is 1.22. The van der Waals surface area contributed by atoms with Crippen molar-refractivity contribution in [2.45, 2.75) is 32.2 Å². The Kier molecular flexibility index (Phi) is 2.36. The molecule has 1 unspecified atom stereocenters. The van der Waals surface area contributed by atoms with E-state index in [0.29, 0.717) is 0 Å². The molecule has 1 atom stereocenters. The summed E-state index contributed by atoms with van der Waals surface area (Å²) in [5.74, 6) is 0. The Morgan fingerprint density at radius 2 is 2.54 bits per heavy atom. The average molecular weight is 179 g/mol. The third kappa shape index (κ3) is 1.61. The summed E-state index contributed by atoms with van der Waals surface area (Å²) >= 11 is 0. The molecule has 0 saturated heterocycles. The topological polar surface area (TPSA) is 31.9 Å². The van der Waals surface area contributed by atoms with Crippen LogP contribution in [0.1, 0.15) is 24.6 Å². The molecule has 1 aliphatic rings. The molecule has 0 fully saturated rings. The van der Waals surface area contributed by atoms with Crippen molar-refractivity contribution in [1.82, 2.24) is 15.1 Å². The first kappa shape index (κ1) is 8.75. The molecule has 0 saturated carbocycles. The fraction of sp³-hybridized carbons (Fsp3) is 0.700. The van der Waals surface area contributed by atoms with Crippen molar-refractivity contribution < 1.29 is 0 Å². The van der Waals surface area contributed by atoms with Crippen LogP contribution in [0.2, 0.25) is 0 Å². The SMILES string of the molecule is CCN(C)C1CCc2[nH]ncc2C1. The molecule has 0 aliphatic heterocycles. The van der Waals surface area contributed by atoms with Gasteiger partial charge < -0.3 is 4.90 Å². The van der Waals surface area contributed by atoms with E-state index in [1.165, 1.54) is 17.7 Å². The average Bonchev–Trinajstić information content (AvgIpc) is 2.63. The van der Waals surface area contributed by atoms with Gasteiger partial charge in [0, 0.05) is 11.7 Å². The number of fused-ring (bicyclic) bond motifs is 1. The van der Waals surface area contributed by atoms with Crippen molar-refractivity contribution in [1.29, 1.82) is 0 Å². The Balaban J connectivity index is 2.08. The first-order chi connectivity index (χ1) is 6.31. The normalized spacial score (nSPS) is 21.9. The van der Waals surface area contributed by atoms with E-state index in [-0.39, 0.29) is 0 Å². The molecule has 0 amide bonds. The Morgan fingerprint density at radius 1 is 1.69 bits per heavy atom. The minimum Gasteiger partial charge on any atom is -0.303 e. The Labute approximate surface area is 79.1 Å². The van der Waals surface area contributed by atoms with Crippen LogP contribution in [0.15, 0.2) is 6.20 Å². The van der Waals surface area contributed by atoms with Gasteiger partial charge >= 0.3 is 0 Å². The number of nitrogens with zero attached hydrogens (tertiary/aromatic N) is 2. The number of aryl methyl sites for hydroxylation is 1. The molecule has 1 aromatic rings. The van der Waals surface area contributed by atoms with Gasteiger partial charge in [0.2, 0.25) is 0 Å². The number of likely N-dealkylation sites (N-methyl/N-ethyl adjacent to an activating group) is 1. The third-order valence-corrected chi connectivity index (χ3v) is 3.11. The van der Waals surface area contributed by atoms with E-state index >= 15 is 0 Å². The highest BCUT2D eigenvalue weighted by Gasteiger charge is 2.21. The van der Waals surface area contributed by atoms with Crippen LogP contribution in [-0.4, -0.2) is 34.7 Å². The molecule has 1 aromatic heterocycles. The molecule has 72 valence electrons. The lowest BCUT2D eigenvalue weighted by molar-refractivity contribution is 0.232. The summed E-state index contributed by atoms with van der Waals surface area (Å²) in [4.78, 5) is 2.43. The van der Waals surface area contributed by atoms with E-state index in [1.807, 2.05) is 6.20 Å². The molecule has 0 bridgehead atoms. The zero-order chi connectivity index (χ0) is 9.26. The number of rotatable bonds is 2. The van der Waals surface area contributed by atoms with Gasteiger partial charge in [-0.25, -0.2) is 0 Å².